The van der Waals surface area contributed by atoms with E-state index in [4.69, 9.17) is 0 Å². The Kier molecular flexibility index (Phi) is 4.55. The van der Waals surface area contributed by atoms with Crippen molar-refractivity contribution in [3.8, 4) is 0 Å². The second-order valence-corrected chi connectivity index (χ2v) is 5.40. The number of nitrogens with zero attached hydrogens (tertiary/aromatic N) is 3. The summed E-state index contributed by atoms with van der Waals surface area (Å²) in [6, 6.07) is 6.80. The van der Waals surface area contributed by atoms with E-state index in [-0.39, 0.29) is 0 Å². The van der Waals surface area contributed by atoms with Crippen molar-refractivity contribution in [3.63, 3.8) is 0 Å². The lowest BCUT2D eigenvalue weighted by molar-refractivity contribution is 0.527. The quantitative estimate of drug-likeness (QED) is 0.910. The zero-order chi connectivity index (χ0) is 14.7. The van der Waals surface area contributed by atoms with Crippen molar-refractivity contribution in [1.82, 2.24) is 20.1 Å². The molecule has 2 aromatic heterocycles. The molecule has 4 heteroatoms. The average Bonchev–Trinajstić information content (AvgIpc) is 2.66. The number of hydrogen-bond acceptors (Lipinski definition) is 3. The molecule has 20 heavy (non-hydrogen) atoms. The molecule has 108 valence electrons. The largest absolute Gasteiger partial charge is 0.310 e. The highest BCUT2D eigenvalue weighted by molar-refractivity contribution is 5.25. The van der Waals surface area contributed by atoms with E-state index in [2.05, 4.69) is 40.5 Å². The Morgan fingerprint density at radius 3 is 2.25 bits per heavy atom. The van der Waals surface area contributed by atoms with Crippen molar-refractivity contribution in [2.24, 2.45) is 7.05 Å². The van der Waals surface area contributed by atoms with Crippen LogP contribution in [0.1, 0.15) is 41.3 Å². The summed E-state index contributed by atoms with van der Waals surface area (Å²) in [6.45, 7) is 9.22. The average molecular weight is 272 g/mol. The van der Waals surface area contributed by atoms with Gasteiger partial charge in [0.2, 0.25) is 0 Å². The lowest BCUT2D eigenvalue weighted by Crippen LogP contribution is -2.24. The zero-order valence-electron chi connectivity index (χ0n) is 13.1. The minimum absolute atomic E-state index is 0.301. The Hall–Kier alpha value is -1.68. The first-order valence-electron chi connectivity index (χ1n) is 7.17. The van der Waals surface area contributed by atoms with Crippen LogP contribution in [0.3, 0.4) is 0 Å². The number of rotatable bonds is 5. The maximum Gasteiger partial charge on any atom is 0.0596 e. The first kappa shape index (κ1) is 14.7. The van der Waals surface area contributed by atoms with E-state index in [1.165, 1.54) is 11.3 Å². The molecule has 0 saturated heterocycles. The fourth-order valence-electron chi connectivity index (χ4n) is 2.69. The fourth-order valence-corrected chi connectivity index (χ4v) is 2.69. The minimum Gasteiger partial charge on any atom is -0.310 e. The normalized spacial score (nSPS) is 12.7. The summed E-state index contributed by atoms with van der Waals surface area (Å²) >= 11 is 0. The molecular weight excluding hydrogens is 248 g/mol. The molecule has 0 aliphatic heterocycles. The molecule has 2 rings (SSSR count). The molecule has 0 bridgehead atoms. The maximum absolute atomic E-state index is 4.46. The Bertz CT molecular complexity index is 566. The summed E-state index contributed by atoms with van der Waals surface area (Å²) in [6.07, 6.45) is 0.939. The van der Waals surface area contributed by atoms with Crippen LogP contribution < -0.4 is 5.32 Å². The predicted molar refractivity (Wildman–Crippen MR) is 81.8 cm³/mol. The van der Waals surface area contributed by atoms with Crippen molar-refractivity contribution in [3.05, 3.63) is 46.5 Å². The van der Waals surface area contributed by atoms with E-state index >= 15 is 0 Å². The van der Waals surface area contributed by atoms with Gasteiger partial charge in [-0.15, -0.1) is 0 Å². The van der Waals surface area contributed by atoms with Gasteiger partial charge in [-0.2, -0.15) is 5.10 Å². The maximum atomic E-state index is 4.46. The topological polar surface area (TPSA) is 42.7 Å². The summed E-state index contributed by atoms with van der Waals surface area (Å²) in [7, 11) is 2.01. The molecule has 0 amide bonds. The van der Waals surface area contributed by atoms with Gasteiger partial charge in [-0.05, 0) is 51.1 Å². The smallest absolute Gasteiger partial charge is 0.0596 e. The third kappa shape index (κ3) is 3.45. The van der Waals surface area contributed by atoms with Crippen molar-refractivity contribution >= 4 is 0 Å². The number of hydrogen-bond donors (Lipinski definition) is 1. The highest BCUT2D eigenvalue weighted by Gasteiger charge is 2.15. The third-order valence-electron chi connectivity index (χ3n) is 3.47. The SMILES string of the molecule is CCNC(Cc1cc(C)nn1C)c1cc(C)nc(C)c1. The van der Waals surface area contributed by atoms with Crippen LogP contribution in [0.15, 0.2) is 18.2 Å². The van der Waals surface area contributed by atoms with Crippen LogP contribution in [-0.2, 0) is 13.5 Å². The molecule has 0 saturated carbocycles. The molecule has 4 nitrogen and oxygen atoms in total. The van der Waals surface area contributed by atoms with Gasteiger partial charge in [0.15, 0.2) is 0 Å². The van der Waals surface area contributed by atoms with Gasteiger partial charge in [-0.3, -0.25) is 9.67 Å². The summed E-state index contributed by atoms with van der Waals surface area (Å²) < 4.78 is 1.97. The first-order valence-corrected chi connectivity index (χ1v) is 7.17. The predicted octanol–water partition coefficient (Wildman–Crippen LogP) is 2.63. The molecule has 2 aromatic rings. The van der Waals surface area contributed by atoms with E-state index in [1.807, 2.05) is 32.5 Å². The monoisotopic (exact) mass is 272 g/mol. The van der Waals surface area contributed by atoms with Crippen LogP contribution in [0.4, 0.5) is 0 Å². The van der Waals surface area contributed by atoms with Gasteiger partial charge in [0.25, 0.3) is 0 Å². The van der Waals surface area contributed by atoms with E-state index in [0.29, 0.717) is 6.04 Å². The van der Waals surface area contributed by atoms with Gasteiger partial charge >= 0.3 is 0 Å². The van der Waals surface area contributed by atoms with Gasteiger partial charge in [-0.1, -0.05) is 6.92 Å². The number of aromatic nitrogens is 3. The second-order valence-electron chi connectivity index (χ2n) is 5.40. The van der Waals surface area contributed by atoms with Crippen molar-refractivity contribution < 1.29 is 0 Å². The van der Waals surface area contributed by atoms with Gasteiger partial charge in [0, 0.05) is 36.6 Å². The Morgan fingerprint density at radius 2 is 1.75 bits per heavy atom. The van der Waals surface area contributed by atoms with Crippen LogP contribution in [-0.4, -0.2) is 21.3 Å². The molecule has 0 aliphatic rings. The zero-order valence-corrected chi connectivity index (χ0v) is 13.1. The van der Waals surface area contributed by atoms with Crippen LogP contribution in [0.2, 0.25) is 0 Å². The van der Waals surface area contributed by atoms with Crippen LogP contribution >= 0.6 is 0 Å². The Balaban J connectivity index is 2.28. The van der Waals surface area contributed by atoms with Crippen LogP contribution in [0, 0.1) is 20.8 Å². The fraction of sp³-hybridized carbons (Fsp3) is 0.500. The van der Waals surface area contributed by atoms with E-state index < -0.39 is 0 Å². The van der Waals surface area contributed by atoms with E-state index in [9.17, 15) is 0 Å². The molecule has 0 aromatic carbocycles. The molecule has 0 fully saturated rings. The summed E-state index contributed by atoms with van der Waals surface area (Å²) in [5.74, 6) is 0. The number of aryl methyl sites for hydroxylation is 4. The molecule has 0 spiro atoms. The Morgan fingerprint density at radius 1 is 1.10 bits per heavy atom. The van der Waals surface area contributed by atoms with Gasteiger partial charge in [-0.25, -0.2) is 0 Å². The molecular formula is C16H24N4. The molecule has 1 N–H and O–H groups in total. The van der Waals surface area contributed by atoms with Crippen LogP contribution in [0.25, 0.3) is 0 Å². The summed E-state index contributed by atoms with van der Waals surface area (Å²) in [5.41, 5.74) is 5.77. The molecule has 0 radical (unpaired) electrons. The number of nitrogens with one attached hydrogen (secondary N) is 1. The molecule has 1 unspecified atom stereocenters. The first-order chi connectivity index (χ1) is 9.49. The Labute approximate surface area is 121 Å². The standard InChI is InChI=1S/C16H24N4/c1-6-17-16(10-15-9-13(4)19-20(15)5)14-7-11(2)18-12(3)8-14/h7-9,16-17H,6,10H2,1-5H3. The second kappa shape index (κ2) is 6.18. The highest BCUT2D eigenvalue weighted by Crippen LogP contribution is 2.20. The van der Waals surface area contributed by atoms with Crippen molar-refractivity contribution in [2.45, 2.75) is 40.2 Å². The summed E-state index contributed by atoms with van der Waals surface area (Å²) in [5, 5.41) is 8.00. The van der Waals surface area contributed by atoms with Crippen molar-refractivity contribution in [1.29, 1.82) is 0 Å². The lowest BCUT2D eigenvalue weighted by atomic mass is 10.0. The van der Waals surface area contributed by atoms with Gasteiger partial charge in [0.05, 0.1) is 5.69 Å². The lowest BCUT2D eigenvalue weighted by Gasteiger charge is -2.19. The van der Waals surface area contributed by atoms with E-state index in [0.717, 1.165) is 30.0 Å². The van der Waals surface area contributed by atoms with Gasteiger partial charge in [0.1, 0.15) is 0 Å². The van der Waals surface area contributed by atoms with E-state index in [1.54, 1.807) is 0 Å². The highest BCUT2D eigenvalue weighted by atomic mass is 15.3. The molecule has 2 heterocycles. The number of likely N-dealkylation sites (N-methyl/N-ethyl adjacent to an activating group) is 1. The van der Waals surface area contributed by atoms with Crippen LogP contribution in [0.5, 0.6) is 0 Å². The number of pyridine rings is 1. The van der Waals surface area contributed by atoms with Crippen molar-refractivity contribution in [2.75, 3.05) is 6.54 Å². The minimum atomic E-state index is 0.301. The molecule has 0 aliphatic carbocycles. The molecule has 1 atom stereocenters. The summed E-state index contributed by atoms with van der Waals surface area (Å²) in [4.78, 5) is 4.46. The third-order valence-corrected chi connectivity index (χ3v) is 3.47. The van der Waals surface area contributed by atoms with Gasteiger partial charge < -0.3 is 5.32 Å².